The Morgan fingerprint density at radius 2 is 1.80 bits per heavy atom. The number of carbonyl (C=O) groups excluding carboxylic acids is 2. The van der Waals surface area contributed by atoms with Crippen LogP contribution in [0.2, 0.25) is 25.7 Å². The smallest absolute Gasteiger partial charge is 0.358 e. The number of fused-ring (bicyclic) bond motifs is 1. The minimum Gasteiger partial charge on any atom is -0.461 e. The average Bonchev–Trinajstić information content (AvgIpc) is 3.67. The maximum absolute atomic E-state index is 13.0. The fourth-order valence-corrected chi connectivity index (χ4v) is 8.36. The summed E-state index contributed by atoms with van der Waals surface area (Å²) in [7, 11) is 0.636. The van der Waals surface area contributed by atoms with E-state index < -0.39 is 14.0 Å². The van der Waals surface area contributed by atoms with Crippen LogP contribution >= 0.6 is 22.7 Å². The Balaban J connectivity index is 1.19. The standard InChI is InChI=1S/C36H44N8O4S2Si/c1-7-48-33(45)30-31(26-21-43(22-26)34(46)37-20-25-13-9-8-10-14-25)50-35(38-30)42(3)29-19-24(2)32(41-40-29)39-36-44(23-47-17-18-51(4,5)6)27-15-11-12-16-28(27)49-36/h8-16,19,26H,7,17-18,20-23H2,1-6H3,(H,37,46). The van der Waals surface area contributed by atoms with Crippen LogP contribution in [0.1, 0.15) is 39.3 Å². The van der Waals surface area contributed by atoms with Crippen LogP contribution in [0.15, 0.2) is 65.7 Å². The van der Waals surface area contributed by atoms with Crippen molar-refractivity contribution in [2.24, 2.45) is 4.99 Å². The van der Waals surface area contributed by atoms with Crippen LogP contribution in [0.25, 0.3) is 10.2 Å². The number of benzene rings is 2. The van der Waals surface area contributed by atoms with Crippen LogP contribution in [0.4, 0.5) is 21.6 Å². The van der Waals surface area contributed by atoms with Gasteiger partial charge in [0.1, 0.15) is 6.73 Å². The van der Waals surface area contributed by atoms with Crippen molar-refractivity contribution in [3.8, 4) is 0 Å². The Morgan fingerprint density at radius 1 is 1.06 bits per heavy atom. The molecule has 1 aliphatic heterocycles. The number of anilines is 2. The number of nitrogens with one attached hydrogen (secondary N) is 1. The number of urea groups is 1. The third kappa shape index (κ3) is 8.72. The molecule has 0 aliphatic carbocycles. The van der Waals surface area contributed by atoms with E-state index in [2.05, 4.69) is 51.9 Å². The Kier molecular flexibility index (Phi) is 11.3. The molecular weight excluding hydrogens is 701 g/mol. The van der Waals surface area contributed by atoms with Crippen molar-refractivity contribution < 1.29 is 19.1 Å². The number of amides is 2. The van der Waals surface area contributed by atoms with Crippen molar-refractivity contribution in [3.63, 3.8) is 0 Å². The van der Waals surface area contributed by atoms with Gasteiger partial charge < -0.3 is 24.6 Å². The van der Waals surface area contributed by atoms with E-state index in [-0.39, 0.29) is 24.2 Å². The molecule has 15 heteroatoms. The summed E-state index contributed by atoms with van der Waals surface area (Å²) in [4.78, 5) is 40.6. The largest absolute Gasteiger partial charge is 0.461 e. The van der Waals surface area contributed by atoms with Crippen molar-refractivity contribution in [2.45, 2.75) is 58.7 Å². The van der Waals surface area contributed by atoms with Gasteiger partial charge >= 0.3 is 12.0 Å². The predicted molar refractivity (Wildman–Crippen MR) is 205 cm³/mol. The number of nitrogens with zero attached hydrogens (tertiary/aromatic N) is 7. The highest BCUT2D eigenvalue weighted by molar-refractivity contribution is 7.16. The molecule has 0 atom stereocenters. The summed E-state index contributed by atoms with van der Waals surface area (Å²) in [5.41, 5.74) is 3.21. The second-order valence-corrected chi connectivity index (χ2v) is 21.3. The zero-order valence-electron chi connectivity index (χ0n) is 29.9. The molecule has 0 saturated carbocycles. The third-order valence-corrected chi connectivity index (χ3v) is 12.6. The van der Waals surface area contributed by atoms with Crippen LogP contribution in [0.3, 0.4) is 0 Å². The third-order valence-electron chi connectivity index (χ3n) is 8.52. The molecule has 5 aromatic rings. The first-order valence-corrected chi connectivity index (χ1v) is 22.4. The second kappa shape index (κ2) is 15.8. The molecule has 1 saturated heterocycles. The van der Waals surface area contributed by atoms with Gasteiger partial charge in [0.05, 0.1) is 16.8 Å². The molecular formula is C36H44N8O4S2Si. The Labute approximate surface area is 306 Å². The number of aryl methyl sites for hydroxylation is 1. The first-order valence-electron chi connectivity index (χ1n) is 17.0. The molecule has 1 fully saturated rings. The first-order chi connectivity index (χ1) is 24.5. The second-order valence-electron chi connectivity index (χ2n) is 13.7. The number of likely N-dealkylation sites (tertiary alicyclic amines) is 1. The maximum atomic E-state index is 13.0. The number of hydrogen-bond donors (Lipinski definition) is 1. The monoisotopic (exact) mass is 744 g/mol. The molecule has 4 heterocycles. The van der Waals surface area contributed by atoms with Gasteiger partial charge in [0.2, 0.25) is 0 Å². The van der Waals surface area contributed by atoms with Gasteiger partial charge in [0.15, 0.2) is 27.3 Å². The topological polar surface area (TPSA) is 127 Å². The van der Waals surface area contributed by atoms with Gasteiger partial charge in [0, 0.05) is 52.2 Å². The molecule has 0 unspecified atom stereocenters. The summed E-state index contributed by atoms with van der Waals surface area (Å²) < 4.78 is 14.7. The number of ether oxygens (including phenoxy) is 2. The predicted octanol–water partition coefficient (Wildman–Crippen LogP) is 7.06. The van der Waals surface area contributed by atoms with Crippen molar-refractivity contribution in [3.05, 3.63) is 87.2 Å². The minimum atomic E-state index is -1.21. The molecule has 6 rings (SSSR count). The van der Waals surface area contributed by atoms with Crippen LogP contribution in [0, 0.1) is 6.92 Å². The van der Waals surface area contributed by atoms with E-state index in [0.29, 0.717) is 49.7 Å². The molecule has 3 aromatic heterocycles. The van der Waals surface area contributed by atoms with Crippen LogP contribution < -0.4 is 15.0 Å². The van der Waals surface area contributed by atoms with Gasteiger partial charge in [-0.2, -0.15) is 4.99 Å². The zero-order chi connectivity index (χ0) is 36.1. The fourth-order valence-electron chi connectivity index (χ4n) is 5.47. The van der Waals surface area contributed by atoms with E-state index in [1.165, 1.54) is 11.3 Å². The number of para-hydroxylation sites is 1. The number of rotatable bonds is 13. The van der Waals surface area contributed by atoms with Gasteiger partial charge in [0.25, 0.3) is 0 Å². The van der Waals surface area contributed by atoms with Crippen LogP contribution in [0.5, 0.6) is 0 Å². The van der Waals surface area contributed by atoms with E-state index in [1.54, 1.807) is 23.2 Å². The van der Waals surface area contributed by atoms with E-state index in [1.807, 2.05) is 67.4 Å². The van der Waals surface area contributed by atoms with Crippen LogP contribution in [-0.2, 0) is 22.7 Å². The number of carbonyl (C=O) groups is 2. The number of aromatic nitrogens is 4. The van der Waals surface area contributed by atoms with Gasteiger partial charge in [-0.1, -0.05) is 73.4 Å². The molecule has 0 spiro atoms. The highest BCUT2D eigenvalue weighted by Crippen LogP contribution is 2.39. The van der Waals surface area contributed by atoms with Gasteiger partial charge in [-0.15, -0.1) is 21.5 Å². The van der Waals surface area contributed by atoms with Crippen molar-refractivity contribution in [1.29, 1.82) is 0 Å². The lowest BCUT2D eigenvalue weighted by molar-refractivity contribution is 0.0517. The van der Waals surface area contributed by atoms with Gasteiger partial charge in [-0.3, -0.25) is 4.57 Å². The highest BCUT2D eigenvalue weighted by atomic mass is 32.1. The molecule has 1 aliphatic rings. The minimum absolute atomic E-state index is 0.0342. The lowest BCUT2D eigenvalue weighted by atomic mass is 9.97. The Hall–Kier alpha value is -4.44. The Bertz CT molecular complexity index is 2070. The summed E-state index contributed by atoms with van der Waals surface area (Å²) in [6.45, 7) is 13.5. The summed E-state index contributed by atoms with van der Waals surface area (Å²) in [6.07, 6.45) is 0. The lowest BCUT2D eigenvalue weighted by Gasteiger charge is -2.38. The van der Waals surface area contributed by atoms with Gasteiger partial charge in [-0.05, 0) is 49.2 Å². The van der Waals surface area contributed by atoms with Gasteiger partial charge in [-0.25, -0.2) is 14.6 Å². The lowest BCUT2D eigenvalue weighted by Crippen LogP contribution is -2.52. The van der Waals surface area contributed by atoms with E-state index in [9.17, 15) is 9.59 Å². The summed E-state index contributed by atoms with van der Waals surface area (Å²) in [5.74, 6) is 0.569. The van der Waals surface area contributed by atoms with Crippen molar-refractivity contribution in [2.75, 3.05) is 38.3 Å². The molecule has 2 aromatic carbocycles. The highest BCUT2D eigenvalue weighted by Gasteiger charge is 2.37. The normalized spacial score (nSPS) is 13.8. The zero-order valence-corrected chi connectivity index (χ0v) is 32.5. The maximum Gasteiger partial charge on any atom is 0.358 e. The average molecular weight is 745 g/mol. The quantitative estimate of drug-likeness (QED) is 0.0772. The molecule has 2 amide bonds. The molecule has 51 heavy (non-hydrogen) atoms. The number of thiazole rings is 2. The fraction of sp³-hybridized carbons (Fsp3) is 0.389. The van der Waals surface area contributed by atoms with E-state index >= 15 is 0 Å². The molecule has 0 radical (unpaired) electrons. The van der Waals surface area contributed by atoms with E-state index in [4.69, 9.17) is 19.5 Å². The number of hydrogen-bond acceptors (Lipinski definition) is 11. The molecule has 12 nitrogen and oxygen atoms in total. The van der Waals surface area contributed by atoms with Crippen molar-refractivity contribution >= 4 is 69.7 Å². The SMILES string of the molecule is CCOC(=O)c1nc(N(C)c2cc(C)c(N=c3sc4ccccc4n3COCC[Si](C)(C)C)nn2)sc1C1CN(C(=O)NCc2ccccc2)C1. The molecule has 268 valence electrons. The summed E-state index contributed by atoms with van der Waals surface area (Å²) >= 11 is 2.99. The van der Waals surface area contributed by atoms with E-state index in [0.717, 1.165) is 37.1 Å². The van der Waals surface area contributed by atoms with Crippen LogP contribution in [-0.4, -0.2) is 78.1 Å². The van der Waals surface area contributed by atoms with Crippen molar-refractivity contribution in [1.82, 2.24) is 30.0 Å². The number of esters is 1. The Morgan fingerprint density at radius 3 is 2.53 bits per heavy atom. The first kappa shape index (κ1) is 36.4. The molecule has 0 bridgehead atoms. The molecule has 1 N–H and O–H groups in total. The summed E-state index contributed by atoms with van der Waals surface area (Å²) in [6, 6.07) is 20.9. The summed E-state index contributed by atoms with van der Waals surface area (Å²) in [5, 5.41) is 12.6.